The van der Waals surface area contributed by atoms with Crippen LogP contribution in [0.25, 0.3) is 0 Å². The topological polar surface area (TPSA) is 52.0 Å². The molecule has 0 aliphatic heterocycles. The molecule has 0 radical (unpaired) electrons. The van der Waals surface area contributed by atoms with E-state index in [9.17, 15) is 0 Å². The summed E-state index contributed by atoms with van der Waals surface area (Å²) in [6, 6.07) is 6.66. The molecule has 0 amide bonds. The summed E-state index contributed by atoms with van der Waals surface area (Å²) >= 11 is 0. The number of nitrogens with zero attached hydrogens (tertiary/aromatic N) is 3. The Morgan fingerprint density at radius 1 is 1.35 bits per heavy atom. The SMILES string of the molecule is Cc1cccc(CNC(C)C)c1OCc1ncnn1C. The largest absolute Gasteiger partial charge is 0.485 e. The van der Waals surface area contributed by atoms with Crippen LogP contribution in [0, 0.1) is 6.92 Å². The summed E-state index contributed by atoms with van der Waals surface area (Å²) in [5.74, 6) is 1.75. The molecule has 0 fully saturated rings. The van der Waals surface area contributed by atoms with Gasteiger partial charge in [-0.2, -0.15) is 5.10 Å². The number of ether oxygens (including phenoxy) is 1. The van der Waals surface area contributed by atoms with Crippen LogP contribution in [0.5, 0.6) is 5.75 Å². The van der Waals surface area contributed by atoms with Crippen LogP contribution >= 0.6 is 0 Å². The fraction of sp³-hybridized carbons (Fsp3) is 0.467. The van der Waals surface area contributed by atoms with Crippen molar-refractivity contribution in [3.63, 3.8) is 0 Å². The van der Waals surface area contributed by atoms with Gasteiger partial charge in [-0.1, -0.05) is 32.0 Å². The molecule has 1 N–H and O–H groups in total. The Morgan fingerprint density at radius 2 is 2.15 bits per heavy atom. The standard InChI is InChI=1S/C15H22N4O/c1-11(2)16-8-13-7-5-6-12(3)15(13)20-9-14-17-10-18-19(14)4/h5-7,10-11,16H,8-9H2,1-4H3. The summed E-state index contributed by atoms with van der Waals surface area (Å²) in [5.41, 5.74) is 2.30. The van der Waals surface area contributed by atoms with Crippen LogP contribution in [-0.4, -0.2) is 20.8 Å². The van der Waals surface area contributed by atoms with E-state index in [0.717, 1.165) is 23.7 Å². The maximum absolute atomic E-state index is 5.96. The average Bonchev–Trinajstić information content (AvgIpc) is 2.81. The summed E-state index contributed by atoms with van der Waals surface area (Å²) in [6.07, 6.45) is 1.54. The quantitative estimate of drug-likeness (QED) is 0.877. The lowest BCUT2D eigenvalue weighted by Crippen LogP contribution is -2.22. The van der Waals surface area contributed by atoms with Gasteiger partial charge in [0.1, 0.15) is 18.7 Å². The molecule has 0 spiro atoms. The van der Waals surface area contributed by atoms with Crippen molar-refractivity contribution in [3.05, 3.63) is 41.5 Å². The number of benzene rings is 1. The summed E-state index contributed by atoms with van der Waals surface area (Å²) in [7, 11) is 1.87. The first-order valence-corrected chi connectivity index (χ1v) is 6.85. The number of nitrogens with one attached hydrogen (secondary N) is 1. The summed E-state index contributed by atoms with van der Waals surface area (Å²) in [4.78, 5) is 4.18. The van der Waals surface area contributed by atoms with E-state index in [4.69, 9.17) is 4.74 Å². The predicted molar refractivity (Wildman–Crippen MR) is 78.5 cm³/mol. The molecule has 2 aromatic rings. The molecular formula is C15H22N4O. The van der Waals surface area contributed by atoms with Crippen LogP contribution in [0.3, 0.4) is 0 Å². The lowest BCUT2D eigenvalue weighted by atomic mass is 10.1. The lowest BCUT2D eigenvalue weighted by molar-refractivity contribution is 0.284. The van der Waals surface area contributed by atoms with Gasteiger partial charge in [0.25, 0.3) is 0 Å². The second-order valence-electron chi connectivity index (χ2n) is 5.19. The monoisotopic (exact) mass is 274 g/mol. The van der Waals surface area contributed by atoms with Gasteiger partial charge in [0.2, 0.25) is 0 Å². The van der Waals surface area contributed by atoms with Gasteiger partial charge in [-0.25, -0.2) is 4.98 Å². The van der Waals surface area contributed by atoms with E-state index >= 15 is 0 Å². The van der Waals surface area contributed by atoms with Crippen molar-refractivity contribution in [2.24, 2.45) is 7.05 Å². The van der Waals surface area contributed by atoms with Crippen molar-refractivity contribution in [3.8, 4) is 5.75 Å². The molecule has 20 heavy (non-hydrogen) atoms. The Balaban J connectivity index is 2.11. The minimum atomic E-state index is 0.427. The van der Waals surface area contributed by atoms with Gasteiger partial charge in [-0.05, 0) is 12.5 Å². The molecule has 1 aromatic heterocycles. The molecule has 2 rings (SSSR count). The van der Waals surface area contributed by atoms with E-state index in [1.54, 1.807) is 4.68 Å². The van der Waals surface area contributed by atoms with Crippen LogP contribution in [0.15, 0.2) is 24.5 Å². The van der Waals surface area contributed by atoms with Gasteiger partial charge in [0.15, 0.2) is 5.82 Å². The van der Waals surface area contributed by atoms with Gasteiger partial charge >= 0.3 is 0 Å². The molecule has 0 saturated heterocycles. The van der Waals surface area contributed by atoms with Crippen LogP contribution in [0.1, 0.15) is 30.8 Å². The van der Waals surface area contributed by atoms with Crippen LogP contribution in [0.4, 0.5) is 0 Å². The zero-order chi connectivity index (χ0) is 14.5. The molecule has 108 valence electrons. The Kier molecular flexibility index (Phi) is 4.74. The van der Waals surface area contributed by atoms with E-state index in [2.05, 4.69) is 54.4 Å². The normalized spacial score (nSPS) is 11.1. The Labute approximate surface area is 120 Å². The second kappa shape index (κ2) is 6.52. The Morgan fingerprint density at radius 3 is 2.80 bits per heavy atom. The third-order valence-corrected chi connectivity index (χ3v) is 3.14. The molecule has 1 heterocycles. The number of para-hydroxylation sites is 1. The van der Waals surface area contributed by atoms with E-state index in [-0.39, 0.29) is 0 Å². The molecule has 5 nitrogen and oxygen atoms in total. The summed E-state index contributed by atoms with van der Waals surface area (Å²) in [5, 5.41) is 7.47. The highest BCUT2D eigenvalue weighted by Crippen LogP contribution is 2.24. The Bertz CT molecular complexity index is 563. The molecular weight excluding hydrogens is 252 g/mol. The molecule has 0 unspecified atom stereocenters. The zero-order valence-electron chi connectivity index (χ0n) is 12.6. The van der Waals surface area contributed by atoms with E-state index in [1.807, 2.05) is 7.05 Å². The molecule has 5 heteroatoms. The number of aromatic nitrogens is 3. The van der Waals surface area contributed by atoms with Gasteiger partial charge in [0, 0.05) is 25.2 Å². The fourth-order valence-corrected chi connectivity index (χ4v) is 1.96. The summed E-state index contributed by atoms with van der Waals surface area (Å²) < 4.78 is 7.69. The van der Waals surface area contributed by atoms with Gasteiger partial charge in [-0.15, -0.1) is 0 Å². The molecule has 0 atom stereocenters. The lowest BCUT2D eigenvalue weighted by Gasteiger charge is -2.15. The van der Waals surface area contributed by atoms with Crippen molar-refractivity contribution < 1.29 is 4.74 Å². The van der Waals surface area contributed by atoms with Crippen molar-refractivity contribution in [1.29, 1.82) is 0 Å². The molecule has 0 aliphatic carbocycles. The molecule has 0 aliphatic rings. The zero-order valence-corrected chi connectivity index (χ0v) is 12.6. The first kappa shape index (κ1) is 14.5. The Hall–Kier alpha value is -1.88. The highest BCUT2D eigenvalue weighted by molar-refractivity contribution is 5.40. The minimum absolute atomic E-state index is 0.427. The van der Waals surface area contributed by atoms with E-state index in [0.29, 0.717) is 12.6 Å². The van der Waals surface area contributed by atoms with Crippen molar-refractivity contribution >= 4 is 0 Å². The smallest absolute Gasteiger partial charge is 0.164 e. The highest BCUT2D eigenvalue weighted by atomic mass is 16.5. The number of aryl methyl sites for hydroxylation is 2. The van der Waals surface area contributed by atoms with Crippen molar-refractivity contribution in [2.75, 3.05) is 0 Å². The maximum atomic E-state index is 5.96. The number of hydrogen-bond donors (Lipinski definition) is 1. The minimum Gasteiger partial charge on any atom is -0.485 e. The first-order chi connectivity index (χ1) is 9.58. The molecule has 0 saturated carbocycles. The van der Waals surface area contributed by atoms with Crippen molar-refractivity contribution in [1.82, 2.24) is 20.1 Å². The van der Waals surface area contributed by atoms with Crippen LogP contribution < -0.4 is 10.1 Å². The summed E-state index contributed by atoms with van der Waals surface area (Å²) in [6.45, 7) is 7.56. The van der Waals surface area contributed by atoms with E-state index < -0.39 is 0 Å². The van der Waals surface area contributed by atoms with Gasteiger partial charge in [0.05, 0.1) is 0 Å². The van der Waals surface area contributed by atoms with Gasteiger partial charge in [-0.3, -0.25) is 4.68 Å². The first-order valence-electron chi connectivity index (χ1n) is 6.85. The highest BCUT2D eigenvalue weighted by Gasteiger charge is 2.09. The second-order valence-corrected chi connectivity index (χ2v) is 5.19. The van der Waals surface area contributed by atoms with E-state index in [1.165, 1.54) is 11.9 Å². The van der Waals surface area contributed by atoms with Gasteiger partial charge < -0.3 is 10.1 Å². The number of hydrogen-bond acceptors (Lipinski definition) is 4. The molecule has 1 aromatic carbocycles. The van der Waals surface area contributed by atoms with Crippen LogP contribution in [0.2, 0.25) is 0 Å². The van der Waals surface area contributed by atoms with Crippen LogP contribution in [-0.2, 0) is 20.2 Å². The third kappa shape index (κ3) is 3.57. The molecule has 0 bridgehead atoms. The average molecular weight is 274 g/mol. The predicted octanol–water partition coefficient (Wildman–Crippen LogP) is 2.20. The third-order valence-electron chi connectivity index (χ3n) is 3.14. The fourth-order valence-electron chi connectivity index (χ4n) is 1.96. The number of rotatable bonds is 6. The van der Waals surface area contributed by atoms with Crippen molar-refractivity contribution in [2.45, 2.75) is 40.0 Å². The maximum Gasteiger partial charge on any atom is 0.164 e.